The molecular formula is C12H16O3. The molecule has 0 aliphatic rings. The summed E-state index contributed by atoms with van der Waals surface area (Å²) in [5.74, 6) is -0.747. The Balaban J connectivity index is 2.44. The van der Waals surface area contributed by atoms with Crippen molar-refractivity contribution in [1.29, 1.82) is 0 Å². The first kappa shape index (κ1) is 11.7. The molecule has 1 aromatic rings. The number of ether oxygens (including phenoxy) is 1. The number of aliphatic hydroxyl groups is 1. The number of esters is 1. The molecule has 0 saturated carbocycles. The van der Waals surface area contributed by atoms with Gasteiger partial charge in [-0.1, -0.05) is 30.3 Å². The summed E-state index contributed by atoms with van der Waals surface area (Å²) in [6.45, 7) is -0.153. The van der Waals surface area contributed by atoms with Crippen molar-refractivity contribution in [2.75, 3.05) is 13.7 Å². The van der Waals surface area contributed by atoms with Gasteiger partial charge in [-0.2, -0.15) is 0 Å². The molecule has 0 radical (unpaired) electrons. The summed E-state index contributed by atoms with van der Waals surface area (Å²) < 4.78 is 4.59. The van der Waals surface area contributed by atoms with Crippen molar-refractivity contribution in [3.05, 3.63) is 35.9 Å². The van der Waals surface area contributed by atoms with Gasteiger partial charge in [-0.05, 0) is 18.4 Å². The first-order valence-corrected chi connectivity index (χ1v) is 5.00. The molecule has 1 atom stereocenters. The van der Waals surface area contributed by atoms with Crippen molar-refractivity contribution in [2.24, 2.45) is 5.92 Å². The lowest BCUT2D eigenvalue weighted by atomic mass is 10.0. The lowest BCUT2D eigenvalue weighted by Crippen LogP contribution is -2.20. The normalized spacial score (nSPS) is 12.1. The minimum absolute atomic E-state index is 0.153. The Kier molecular flexibility index (Phi) is 4.84. The van der Waals surface area contributed by atoms with Crippen LogP contribution < -0.4 is 0 Å². The predicted octanol–water partition coefficient (Wildman–Crippen LogP) is 1.40. The Morgan fingerprint density at radius 3 is 2.60 bits per heavy atom. The van der Waals surface area contributed by atoms with Crippen LogP contribution in [0.4, 0.5) is 0 Å². The Bertz CT molecular complexity index is 295. The van der Waals surface area contributed by atoms with Crippen LogP contribution in [0.25, 0.3) is 0 Å². The van der Waals surface area contributed by atoms with Crippen LogP contribution in [-0.4, -0.2) is 24.8 Å². The predicted molar refractivity (Wildman–Crippen MR) is 57.4 cm³/mol. The summed E-state index contributed by atoms with van der Waals surface area (Å²) in [6.07, 6.45) is 1.40. The maximum absolute atomic E-state index is 11.2. The summed E-state index contributed by atoms with van der Waals surface area (Å²) in [6, 6.07) is 9.88. The molecule has 82 valence electrons. The van der Waals surface area contributed by atoms with Crippen LogP contribution in [0.1, 0.15) is 12.0 Å². The monoisotopic (exact) mass is 208 g/mol. The van der Waals surface area contributed by atoms with Crippen molar-refractivity contribution in [3.63, 3.8) is 0 Å². The molecule has 3 heteroatoms. The molecule has 0 spiro atoms. The Hall–Kier alpha value is -1.35. The number of hydrogen-bond donors (Lipinski definition) is 1. The van der Waals surface area contributed by atoms with E-state index in [0.717, 1.165) is 6.42 Å². The highest BCUT2D eigenvalue weighted by molar-refractivity contribution is 5.72. The van der Waals surface area contributed by atoms with Gasteiger partial charge in [0.05, 0.1) is 19.6 Å². The topological polar surface area (TPSA) is 46.5 Å². The van der Waals surface area contributed by atoms with E-state index in [1.807, 2.05) is 30.3 Å². The molecule has 0 saturated heterocycles. The van der Waals surface area contributed by atoms with E-state index in [-0.39, 0.29) is 12.6 Å². The lowest BCUT2D eigenvalue weighted by molar-refractivity contribution is -0.147. The smallest absolute Gasteiger partial charge is 0.311 e. The largest absolute Gasteiger partial charge is 0.469 e. The van der Waals surface area contributed by atoms with Crippen molar-refractivity contribution < 1.29 is 14.6 Å². The summed E-state index contributed by atoms with van der Waals surface area (Å²) >= 11 is 0. The van der Waals surface area contributed by atoms with E-state index in [4.69, 9.17) is 5.11 Å². The Morgan fingerprint density at radius 1 is 1.40 bits per heavy atom. The highest BCUT2D eigenvalue weighted by atomic mass is 16.5. The molecule has 3 nitrogen and oxygen atoms in total. The fourth-order valence-electron chi connectivity index (χ4n) is 1.44. The van der Waals surface area contributed by atoms with Crippen LogP contribution in [-0.2, 0) is 16.0 Å². The van der Waals surface area contributed by atoms with Crippen molar-refractivity contribution >= 4 is 5.97 Å². The van der Waals surface area contributed by atoms with Gasteiger partial charge in [-0.3, -0.25) is 4.79 Å². The molecule has 0 aromatic heterocycles. The molecule has 0 unspecified atom stereocenters. The maximum atomic E-state index is 11.2. The Morgan fingerprint density at radius 2 is 2.07 bits per heavy atom. The number of benzene rings is 1. The summed E-state index contributed by atoms with van der Waals surface area (Å²) in [5, 5.41) is 9.00. The Labute approximate surface area is 89.7 Å². The second kappa shape index (κ2) is 6.19. The number of rotatable bonds is 5. The third kappa shape index (κ3) is 3.72. The van der Waals surface area contributed by atoms with Gasteiger partial charge in [-0.15, -0.1) is 0 Å². The average molecular weight is 208 g/mol. The van der Waals surface area contributed by atoms with Gasteiger partial charge in [0.2, 0.25) is 0 Å². The molecule has 1 rings (SSSR count). The first-order valence-electron chi connectivity index (χ1n) is 5.00. The third-order valence-corrected chi connectivity index (χ3v) is 2.38. The zero-order chi connectivity index (χ0) is 11.1. The first-order chi connectivity index (χ1) is 7.27. The third-order valence-electron chi connectivity index (χ3n) is 2.38. The van der Waals surface area contributed by atoms with Crippen molar-refractivity contribution in [1.82, 2.24) is 0 Å². The SMILES string of the molecule is COC(=O)[C@@H](CO)CCc1ccccc1. The van der Waals surface area contributed by atoms with Gasteiger partial charge in [0.25, 0.3) is 0 Å². The van der Waals surface area contributed by atoms with Crippen LogP contribution in [0.5, 0.6) is 0 Å². The molecule has 1 aromatic carbocycles. The van der Waals surface area contributed by atoms with E-state index in [2.05, 4.69) is 4.74 Å². The molecular weight excluding hydrogens is 192 g/mol. The van der Waals surface area contributed by atoms with Gasteiger partial charge in [-0.25, -0.2) is 0 Å². The molecule has 0 amide bonds. The minimum Gasteiger partial charge on any atom is -0.469 e. The zero-order valence-electron chi connectivity index (χ0n) is 8.85. The lowest BCUT2D eigenvalue weighted by Gasteiger charge is -2.11. The fourth-order valence-corrected chi connectivity index (χ4v) is 1.44. The quantitative estimate of drug-likeness (QED) is 0.744. The number of methoxy groups -OCH3 is 1. The standard InChI is InChI=1S/C12H16O3/c1-15-12(14)11(9-13)8-7-10-5-3-2-4-6-10/h2-6,11,13H,7-9H2,1H3/t11-/m1/s1. The summed E-state index contributed by atoms with van der Waals surface area (Å²) in [4.78, 5) is 11.2. The average Bonchev–Trinajstić information content (AvgIpc) is 2.31. The molecule has 0 aliphatic heterocycles. The highest BCUT2D eigenvalue weighted by Gasteiger charge is 2.17. The number of carbonyl (C=O) groups is 1. The van der Waals surface area contributed by atoms with Crippen LogP contribution in [0, 0.1) is 5.92 Å². The van der Waals surface area contributed by atoms with Crippen LogP contribution >= 0.6 is 0 Å². The van der Waals surface area contributed by atoms with Gasteiger partial charge < -0.3 is 9.84 Å². The van der Waals surface area contributed by atoms with E-state index in [1.54, 1.807) is 0 Å². The summed E-state index contributed by atoms with van der Waals surface area (Å²) in [7, 11) is 1.34. The number of carbonyl (C=O) groups excluding carboxylic acids is 1. The molecule has 1 N–H and O–H groups in total. The van der Waals surface area contributed by atoms with Crippen molar-refractivity contribution in [2.45, 2.75) is 12.8 Å². The summed E-state index contributed by atoms with van der Waals surface area (Å²) in [5.41, 5.74) is 1.17. The van der Waals surface area contributed by atoms with Gasteiger partial charge in [0.1, 0.15) is 0 Å². The molecule has 0 fully saturated rings. The van der Waals surface area contributed by atoms with Gasteiger partial charge in [0, 0.05) is 0 Å². The highest BCUT2D eigenvalue weighted by Crippen LogP contribution is 2.10. The van der Waals surface area contributed by atoms with Crippen molar-refractivity contribution in [3.8, 4) is 0 Å². The van der Waals surface area contributed by atoms with Gasteiger partial charge in [0.15, 0.2) is 0 Å². The fraction of sp³-hybridized carbons (Fsp3) is 0.417. The van der Waals surface area contributed by atoms with E-state index in [9.17, 15) is 4.79 Å². The minimum atomic E-state index is -0.407. The van der Waals surface area contributed by atoms with Gasteiger partial charge >= 0.3 is 5.97 Å². The van der Waals surface area contributed by atoms with Crippen LogP contribution in [0.2, 0.25) is 0 Å². The number of aliphatic hydroxyl groups excluding tert-OH is 1. The van der Waals surface area contributed by atoms with E-state index in [0.29, 0.717) is 6.42 Å². The van der Waals surface area contributed by atoms with Crippen LogP contribution in [0.15, 0.2) is 30.3 Å². The molecule has 0 aliphatic carbocycles. The van der Waals surface area contributed by atoms with E-state index >= 15 is 0 Å². The second-order valence-electron chi connectivity index (χ2n) is 3.43. The second-order valence-corrected chi connectivity index (χ2v) is 3.43. The zero-order valence-corrected chi connectivity index (χ0v) is 8.85. The molecule has 0 bridgehead atoms. The number of aryl methyl sites for hydroxylation is 1. The maximum Gasteiger partial charge on any atom is 0.311 e. The molecule has 0 heterocycles. The van der Waals surface area contributed by atoms with E-state index < -0.39 is 5.92 Å². The molecule has 15 heavy (non-hydrogen) atoms. The van der Waals surface area contributed by atoms with E-state index in [1.165, 1.54) is 12.7 Å². The number of hydrogen-bond acceptors (Lipinski definition) is 3. The van der Waals surface area contributed by atoms with Crippen LogP contribution in [0.3, 0.4) is 0 Å².